The van der Waals surface area contributed by atoms with Crippen molar-refractivity contribution in [2.45, 2.75) is 60.0 Å². The number of aliphatic hydroxyl groups is 1. The number of rotatable bonds is 13. The predicted molar refractivity (Wildman–Crippen MR) is 101 cm³/mol. The van der Waals surface area contributed by atoms with Gasteiger partial charge in [0.2, 0.25) is 0 Å². The molecule has 1 saturated heterocycles. The van der Waals surface area contributed by atoms with Crippen LogP contribution in [0.4, 0.5) is 83.4 Å². The minimum Gasteiger partial charge on any atom is -0.481 e. The summed E-state index contributed by atoms with van der Waals surface area (Å²) < 4.78 is 256. The van der Waals surface area contributed by atoms with Crippen molar-refractivity contribution >= 4 is 11.9 Å². The summed E-state index contributed by atoms with van der Waals surface area (Å²) in [5.41, 5.74) is 0. The molecule has 0 radical (unpaired) electrons. The van der Waals surface area contributed by atoms with Crippen LogP contribution in [0.1, 0.15) is 6.42 Å². The second kappa shape index (κ2) is 11.4. The summed E-state index contributed by atoms with van der Waals surface area (Å²) in [5.74, 6) is -73.7. The van der Waals surface area contributed by atoms with Gasteiger partial charge in [-0.3, -0.25) is 9.59 Å². The molecule has 0 unspecified atom stereocenters. The lowest BCUT2D eigenvalue weighted by Gasteiger charge is -2.46. The Labute approximate surface area is 231 Å². The number of nitrogens with zero attached hydrogens (tertiary/aromatic N) is 2. The number of carboxylic acid groups (broad SMARTS) is 1. The number of piperazine rings is 1. The van der Waals surface area contributed by atoms with Gasteiger partial charge in [0.25, 0.3) is 5.91 Å². The minimum absolute atomic E-state index is 0.368. The van der Waals surface area contributed by atoms with Crippen LogP contribution in [-0.2, 0) is 9.59 Å². The molecule has 2 N–H and O–H groups in total. The Bertz CT molecular complexity index is 1070. The first-order valence-corrected chi connectivity index (χ1v) is 11.3. The van der Waals surface area contributed by atoms with Gasteiger partial charge in [-0.2, -0.15) is 83.4 Å². The van der Waals surface area contributed by atoms with Crippen molar-refractivity contribution in [2.75, 3.05) is 45.9 Å². The smallest absolute Gasteiger partial charge is 0.460 e. The Hall–Kier alpha value is -2.47. The van der Waals surface area contributed by atoms with Crippen molar-refractivity contribution in [3.63, 3.8) is 0 Å². The molecule has 0 aromatic heterocycles. The molecule has 0 spiro atoms. The molecule has 44 heavy (non-hydrogen) atoms. The highest BCUT2D eigenvalue weighted by molar-refractivity contribution is 5.85. The molecule has 0 aliphatic carbocycles. The lowest BCUT2D eigenvalue weighted by molar-refractivity contribution is -0.931. The number of hydrogen-bond acceptors (Lipinski definition) is 3. The van der Waals surface area contributed by atoms with Gasteiger partial charge in [0.1, 0.15) is 6.54 Å². The molecular weight excluding hydrogens is 681 g/mol. The normalized spacial score (nSPS) is 18.4. The lowest BCUT2D eigenvalue weighted by Crippen LogP contribution is -2.76. The van der Waals surface area contributed by atoms with Crippen LogP contribution in [0.3, 0.4) is 0 Å². The summed E-state index contributed by atoms with van der Waals surface area (Å²) in [6.07, 6.45) is -8.65. The largest absolute Gasteiger partial charge is 0.481 e. The van der Waals surface area contributed by atoms with Gasteiger partial charge >= 0.3 is 59.5 Å². The average Bonchev–Trinajstić information content (AvgIpc) is 2.86. The van der Waals surface area contributed by atoms with Crippen LogP contribution in [0.5, 0.6) is 0 Å². The molecule has 0 atom stereocenters. The van der Waals surface area contributed by atoms with Crippen LogP contribution >= 0.6 is 0 Å². The van der Waals surface area contributed by atoms with E-state index in [0.717, 1.165) is 0 Å². The number of carboxylic acids is 1. The molecule has 6 nitrogen and oxygen atoms in total. The molecule has 1 aliphatic heterocycles. The van der Waals surface area contributed by atoms with Gasteiger partial charge < -0.3 is 19.6 Å². The van der Waals surface area contributed by atoms with E-state index >= 15 is 0 Å². The molecule has 0 saturated carbocycles. The van der Waals surface area contributed by atoms with E-state index in [4.69, 9.17) is 10.2 Å². The minimum atomic E-state index is -9.08. The lowest BCUT2D eigenvalue weighted by atomic mass is 9.87. The van der Waals surface area contributed by atoms with Gasteiger partial charge in [-0.1, -0.05) is 0 Å². The Morgan fingerprint density at radius 3 is 1.23 bits per heavy atom. The third-order valence-corrected chi connectivity index (χ3v) is 6.74. The number of quaternary nitrogens is 1. The second-order valence-electron chi connectivity index (χ2n) is 9.49. The maximum atomic E-state index is 14.3. The Kier molecular flexibility index (Phi) is 10.2. The standard InChI is InChI=1S/C19H17F19N2O4/c20-11(21,10(44)39-2-5-40(6-3-39,7-8-41)4-1-9(42)43)12(22,23)13(24,25)14(26,27)15(28,29)16(30,31)17(32,33)18(34,35)19(36,37)38/h41H,1-8H2/p+1. The molecule has 0 bridgehead atoms. The number of carbonyl (C=O) groups is 2. The topological polar surface area (TPSA) is 77.8 Å². The number of hydrogen-bond donors (Lipinski definition) is 2. The maximum absolute atomic E-state index is 14.3. The highest BCUT2D eigenvalue weighted by Crippen LogP contribution is 2.65. The fraction of sp³-hybridized carbons (Fsp3) is 0.895. The van der Waals surface area contributed by atoms with Crippen molar-refractivity contribution in [2.24, 2.45) is 0 Å². The second-order valence-corrected chi connectivity index (χ2v) is 9.49. The van der Waals surface area contributed by atoms with E-state index in [9.17, 15) is 93.0 Å². The maximum Gasteiger partial charge on any atom is 0.460 e. The Balaban J connectivity index is 3.51. The molecule has 260 valence electrons. The van der Waals surface area contributed by atoms with Gasteiger partial charge in [-0.25, -0.2) is 0 Å². The van der Waals surface area contributed by atoms with Crippen molar-refractivity contribution in [3.8, 4) is 0 Å². The van der Waals surface area contributed by atoms with Gasteiger partial charge in [0, 0.05) is 0 Å². The summed E-state index contributed by atoms with van der Waals surface area (Å²) in [5, 5.41) is 17.9. The van der Waals surface area contributed by atoms with Gasteiger partial charge in [0.05, 0.1) is 45.8 Å². The highest BCUT2D eigenvalue weighted by Gasteiger charge is 2.97. The van der Waals surface area contributed by atoms with E-state index in [-0.39, 0.29) is 6.54 Å². The first-order chi connectivity index (χ1) is 19.2. The van der Waals surface area contributed by atoms with E-state index < -0.39 is 121 Å². The number of aliphatic hydroxyl groups excluding tert-OH is 1. The third-order valence-electron chi connectivity index (χ3n) is 6.74. The molecule has 25 heteroatoms. The van der Waals surface area contributed by atoms with Gasteiger partial charge in [-0.05, 0) is 0 Å². The zero-order valence-electron chi connectivity index (χ0n) is 20.9. The number of alkyl halides is 19. The molecule has 1 heterocycles. The molecule has 1 fully saturated rings. The summed E-state index contributed by atoms with van der Waals surface area (Å²) in [4.78, 5) is 22.3. The fourth-order valence-electron chi connectivity index (χ4n) is 3.89. The molecule has 1 rings (SSSR count). The van der Waals surface area contributed by atoms with Crippen molar-refractivity contribution in [3.05, 3.63) is 0 Å². The molecule has 1 amide bonds. The number of halogens is 19. The van der Waals surface area contributed by atoms with E-state index in [1.807, 2.05) is 0 Å². The predicted octanol–water partition coefficient (Wildman–Crippen LogP) is 4.76. The first kappa shape index (κ1) is 39.6. The van der Waals surface area contributed by atoms with Crippen molar-refractivity contribution in [1.82, 2.24) is 4.90 Å². The Morgan fingerprint density at radius 2 is 0.909 bits per heavy atom. The quantitative estimate of drug-likeness (QED) is 0.215. The van der Waals surface area contributed by atoms with E-state index in [1.165, 1.54) is 0 Å². The van der Waals surface area contributed by atoms with Gasteiger partial charge in [-0.15, -0.1) is 0 Å². The number of carbonyl (C=O) groups excluding carboxylic acids is 1. The molecule has 0 aromatic rings. The average molecular weight is 699 g/mol. The van der Waals surface area contributed by atoms with Crippen LogP contribution in [0.25, 0.3) is 0 Å². The van der Waals surface area contributed by atoms with Crippen molar-refractivity contribution in [1.29, 1.82) is 0 Å². The van der Waals surface area contributed by atoms with Crippen LogP contribution in [-0.4, -0.2) is 131 Å². The fourth-order valence-corrected chi connectivity index (χ4v) is 3.89. The van der Waals surface area contributed by atoms with E-state index in [1.54, 1.807) is 0 Å². The zero-order valence-corrected chi connectivity index (χ0v) is 20.9. The summed E-state index contributed by atoms with van der Waals surface area (Å²) in [6, 6.07) is 0. The SMILES string of the molecule is O=C(O)CC[N+]1(CCO)CCN(C(=O)C(F)(F)C(F)(F)C(F)(F)C(F)(F)C(F)(F)C(F)(F)C(F)(F)C(F)(F)C(F)(F)F)CC1. The van der Waals surface area contributed by atoms with E-state index in [2.05, 4.69) is 0 Å². The van der Waals surface area contributed by atoms with E-state index in [0.29, 0.717) is 0 Å². The highest BCUT2D eigenvalue weighted by atomic mass is 19.4. The van der Waals surface area contributed by atoms with Crippen LogP contribution < -0.4 is 0 Å². The number of aliphatic carboxylic acids is 1. The Morgan fingerprint density at radius 1 is 0.568 bits per heavy atom. The summed E-state index contributed by atoms with van der Waals surface area (Å²) in [6.45, 7) is -5.36. The zero-order chi connectivity index (χ0) is 35.4. The van der Waals surface area contributed by atoms with Crippen molar-refractivity contribution < 1.29 is 108 Å². The van der Waals surface area contributed by atoms with Crippen LogP contribution in [0, 0.1) is 0 Å². The van der Waals surface area contributed by atoms with Gasteiger partial charge in [0.15, 0.2) is 0 Å². The summed E-state index contributed by atoms with van der Waals surface area (Å²) >= 11 is 0. The molecule has 0 aromatic carbocycles. The van der Waals surface area contributed by atoms with Crippen LogP contribution in [0.2, 0.25) is 0 Å². The van der Waals surface area contributed by atoms with Crippen LogP contribution in [0.15, 0.2) is 0 Å². The number of amides is 1. The first-order valence-electron chi connectivity index (χ1n) is 11.3. The molecular formula is C19H18F19N2O4+. The monoisotopic (exact) mass is 699 g/mol. The summed E-state index contributed by atoms with van der Waals surface area (Å²) in [7, 11) is 0. The molecule has 1 aliphatic rings. The third kappa shape index (κ3) is 5.69.